The highest BCUT2D eigenvalue weighted by Gasteiger charge is 2.29. The maximum Gasteiger partial charge on any atom is 0.0589 e. The minimum absolute atomic E-state index is 0.359. The van der Waals surface area contributed by atoms with E-state index < -0.39 is 0 Å². The van der Waals surface area contributed by atoms with E-state index in [0.717, 1.165) is 51.9 Å². The molecule has 0 spiro atoms. The Labute approximate surface area is 131 Å². The molecule has 0 aliphatic heterocycles. The molecule has 0 saturated heterocycles. The molecule has 0 amide bonds. The van der Waals surface area contributed by atoms with Crippen LogP contribution < -0.4 is 5.32 Å². The van der Waals surface area contributed by atoms with Crippen LogP contribution in [0.3, 0.4) is 0 Å². The number of hydrogen-bond donors (Lipinski definition) is 1. The normalized spacial score (nSPS) is 18.1. The molecule has 1 unspecified atom stereocenters. The van der Waals surface area contributed by atoms with Crippen LogP contribution in [0.2, 0.25) is 0 Å². The Hall–Kier alpha value is -0.160. The van der Waals surface area contributed by atoms with Crippen molar-refractivity contribution in [1.82, 2.24) is 10.2 Å². The van der Waals surface area contributed by atoms with Crippen LogP contribution in [0.1, 0.15) is 46.0 Å². The second-order valence-electron chi connectivity index (χ2n) is 6.83. The summed E-state index contributed by atoms with van der Waals surface area (Å²) in [6.07, 6.45) is 6.35. The van der Waals surface area contributed by atoms with Gasteiger partial charge in [-0.25, -0.2) is 0 Å². The second-order valence-corrected chi connectivity index (χ2v) is 6.83. The van der Waals surface area contributed by atoms with Crippen molar-refractivity contribution in [2.24, 2.45) is 5.41 Å². The van der Waals surface area contributed by atoms with Crippen LogP contribution >= 0.6 is 0 Å². The Morgan fingerprint density at radius 2 is 1.86 bits per heavy atom. The number of nitrogens with one attached hydrogen (secondary N) is 1. The lowest BCUT2D eigenvalue weighted by Gasteiger charge is -2.36. The molecule has 4 nitrogen and oxygen atoms in total. The molecule has 21 heavy (non-hydrogen) atoms. The van der Waals surface area contributed by atoms with E-state index in [0.29, 0.717) is 5.41 Å². The first kappa shape index (κ1) is 18.9. The van der Waals surface area contributed by atoms with Crippen LogP contribution in [0, 0.1) is 5.41 Å². The third-order valence-electron chi connectivity index (χ3n) is 4.29. The molecule has 0 radical (unpaired) electrons. The minimum atomic E-state index is 0.359. The lowest BCUT2D eigenvalue weighted by molar-refractivity contribution is 0.0955. The SMILES string of the molecule is CCCC(C)(CNC1CC1)CN(CCCOC)CCOC. The van der Waals surface area contributed by atoms with Crippen LogP contribution in [-0.2, 0) is 9.47 Å². The van der Waals surface area contributed by atoms with Gasteiger partial charge in [-0.05, 0) is 31.1 Å². The second kappa shape index (κ2) is 10.5. The van der Waals surface area contributed by atoms with Crippen molar-refractivity contribution in [3.05, 3.63) is 0 Å². The van der Waals surface area contributed by atoms with Crippen molar-refractivity contribution >= 4 is 0 Å². The molecule has 0 aromatic carbocycles. The Balaban J connectivity index is 2.45. The maximum atomic E-state index is 5.27. The molecule has 1 fully saturated rings. The summed E-state index contributed by atoms with van der Waals surface area (Å²) in [4.78, 5) is 2.55. The van der Waals surface area contributed by atoms with Crippen molar-refractivity contribution in [1.29, 1.82) is 0 Å². The monoisotopic (exact) mass is 300 g/mol. The number of methoxy groups -OCH3 is 2. The molecule has 0 aromatic rings. The van der Waals surface area contributed by atoms with Gasteiger partial charge in [-0.3, -0.25) is 0 Å². The quantitative estimate of drug-likeness (QED) is 0.500. The average Bonchev–Trinajstić information content (AvgIpc) is 3.27. The zero-order valence-electron chi connectivity index (χ0n) is 14.6. The van der Waals surface area contributed by atoms with Gasteiger partial charge in [-0.2, -0.15) is 0 Å². The third kappa shape index (κ3) is 8.77. The molecule has 0 heterocycles. The van der Waals surface area contributed by atoms with Crippen molar-refractivity contribution in [3.63, 3.8) is 0 Å². The third-order valence-corrected chi connectivity index (χ3v) is 4.29. The summed E-state index contributed by atoms with van der Waals surface area (Å²) in [6, 6.07) is 0.794. The highest BCUT2D eigenvalue weighted by Crippen LogP contribution is 2.27. The first-order valence-corrected chi connectivity index (χ1v) is 8.57. The van der Waals surface area contributed by atoms with Gasteiger partial charge in [-0.15, -0.1) is 0 Å². The Kier molecular flexibility index (Phi) is 9.49. The van der Waals surface area contributed by atoms with Gasteiger partial charge in [0.2, 0.25) is 0 Å². The largest absolute Gasteiger partial charge is 0.385 e. The molecule has 0 bridgehead atoms. The van der Waals surface area contributed by atoms with Crippen molar-refractivity contribution in [2.45, 2.75) is 52.0 Å². The van der Waals surface area contributed by atoms with E-state index in [1.54, 1.807) is 14.2 Å². The van der Waals surface area contributed by atoms with E-state index >= 15 is 0 Å². The van der Waals surface area contributed by atoms with Gasteiger partial charge >= 0.3 is 0 Å². The number of nitrogens with zero attached hydrogens (tertiary/aromatic N) is 1. The molecule has 1 aliphatic rings. The van der Waals surface area contributed by atoms with Crippen LogP contribution in [-0.4, -0.2) is 64.6 Å². The number of rotatable bonds is 14. The molecule has 1 rings (SSSR count). The van der Waals surface area contributed by atoms with Crippen LogP contribution in [0.5, 0.6) is 0 Å². The lowest BCUT2D eigenvalue weighted by Crippen LogP contribution is -2.44. The summed E-state index contributed by atoms with van der Waals surface area (Å²) in [5.74, 6) is 0. The van der Waals surface area contributed by atoms with E-state index in [1.807, 2.05) is 0 Å². The topological polar surface area (TPSA) is 33.7 Å². The van der Waals surface area contributed by atoms with E-state index in [4.69, 9.17) is 9.47 Å². The zero-order valence-corrected chi connectivity index (χ0v) is 14.6. The predicted octanol–water partition coefficient (Wildman–Crippen LogP) is 2.53. The fourth-order valence-electron chi connectivity index (χ4n) is 2.97. The van der Waals surface area contributed by atoms with Gasteiger partial charge in [0, 0.05) is 53.0 Å². The average molecular weight is 300 g/mol. The molecule has 1 saturated carbocycles. The molecular weight excluding hydrogens is 264 g/mol. The van der Waals surface area contributed by atoms with Crippen molar-refractivity contribution in [3.8, 4) is 0 Å². The van der Waals surface area contributed by atoms with Crippen molar-refractivity contribution < 1.29 is 9.47 Å². The van der Waals surface area contributed by atoms with Crippen LogP contribution in [0.15, 0.2) is 0 Å². The smallest absolute Gasteiger partial charge is 0.0589 e. The Bertz CT molecular complexity index is 259. The molecular formula is C17H36N2O2. The van der Waals surface area contributed by atoms with Gasteiger partial charge in [0.1, 0.15) is 0 Å². The molecule has 4 heteroatoms. The zero-order chi connectivity index (χ0) is 15.6. The molecule has 0 aromatic heterocycles. The minimum Gasteiger partial charge on any atom is -0.385 e. The molecule has 126 valence electrons. The molecule has 1 aliphatic carbocycles. The number of hydrogen-bond acceptors (Lipinski definition) is 4. The maximum absolute atomic E-state index is 5.27. The van der Waals surface area contributed by atoms with E-state index in [1.165, 1.54) is 25.7 Å². The fourth-order valence-corrected chi connectivity index (χ4v) is 2.97. The summed E-state index contributed by atoms with van der Waals surface area (Å²) >= 11 is 0. The van der Waals surface area contributed by atoms with Gasteiger partial charge < -0.3 is 19.7 Å². The highest BCUT2D eigenvalue weighted by molar-refractivity contribution is 4.87. The van der Waals surface area contributed by atoms with Gasteiger partial charge in [0.15, 0.2) is 0 Å². The van der Waals surface area contributed by atoms with Crippen LogP contribution in [0.25, 0.3) is 0 Å². The predicted molar refractivity (Wildman–Crippen MR) is 88.8 cm³/mol. The van der Waals surface area contributed by atoms with E-state index in [2.05, 4.69) is 24.1 Å². The van der Waals surface area contributed by atoms with Gasteiger partial charge in [0.05, 0.1) is 6.61 Å². The number of ether oxygens (including phenoxy) is 2. The van der Waals surface area contributed by atoms with E-state index in [9.17, 15) is 0 Å². The fraction of sp³-hybridized carbons (Fsp3) is 1.00. The summed E-state index contributed by atoms with van der Waals surface area (Å²) in [5, 5.41) is 3.73. The van der Waals surface area contributed by atoms with E-state index in [-0.39, 0.29) is 0 Å². The van der Waals surface area contributed by atoms with Crippen molar-refractivity contribution in [2.75, 3.05) is 53.6 Å². The summed E-state index contributed by atoms with van der Waals surface area (Å²) in [7, 11) is 3.56. The first-order valence-electron chi connectivity index (χ1n) is 8.57. The van der Waals surface area contributed by atoms with Gasteiger partial charge in [-0.1, -0.05) is 20.3 Å². The Morgan fingerprint density at radius 1 is 1.14 bits per heavy atom. The first-order chi connectivity index (χ1) is 10.1. The lowest BCUT2D eigenvalue weighted by atomic mass is 9.84. The highest BCUT2D eigenvalue weighted by atomic mass is 16.5. The summed E-state index contributed by atoms with van der Waals surface area (Å²) in [6.45, 7) is 10.8. The summed E-state index contributed by atoms with van der Waals surface area (Å²) in [5.41, 5.74) is 0.359. The summed E-state index contributed by atoms with van der Waals surface area (Å²) < 4.78 is 10.5. The Morgan fingerprint density at radius 3 is 2.43 bits per heavy atom. The van der Waals surface area contributed by atoms with Crippen LogP contribution in [0.4, 0.5) is 0 Å². The standard InChI is InChI=1S/C17H36N2O2/c1-5-9-17(2,14-18-16-7-8-16)15-19(11-13-21-4)10-6-12-20-3/h16,18H,5-15H2,1-4H3. The molecule has 1 atom stereocenters. The van der Waals surface area contributed by atoms with Gasteiger partial charge in [0.25, 0.3) is 0 Å². The molecule has 1 N–H and O–H groups in total.